The van der Waals surface area contributed by atoms with Crippen molar-refractivity contribution in [2.75, 3.05) is 5.75 Å². The minimum Gasteiger partial charge on any atom is -0.391 e. The molecule has 0 bridgehead atoms. The maximum atomic E-state index is 12.6. The summed E-state index contributed by atoms with van der Waals surface area (Å²) in [7, 11) is -4.40. The number of carbonyl (C=O) groups excluding carboxylic acids is 1. The van der Waals surface area contributed by atoms with Crippen LogP contribution in [-0.4, -0.2) is 53.1 Å². The van der Waals surface area contributed by atoms with E-state index in [1.54, 1.807) is 0 Å². The molecule has 0 aromatic heterocycles. The van der Waals surface area contributed by atoms with Crippen LogP contribution in [0.3, 0.4) is 0 Å². The zero-order valence-corrected chi connectivity index (χ0v) is 32.6. The molecule has 0 aromatic carbocycles. The first-order valence-corrected chi connectivity index (χ1v) is 22.4. The smallest absolute Gasteiger partial charge is 0.266 e. The molecule has 0 fully saturated rings. The summed E-state index contributed by atoms with van der Waals surface area (Å²) in [6.45, 7) is 4.51. The summed E-state index contributed by atoms with van der Waals surface area (Å²) in [5.41, 5.74) is 0. The third-order valence-corrected chi connectivity index (χ3v) is 10.7. The SMILES string of the molecule is CCCCCCCCCCCCCCCCCCCCCC(O)C(CS(=O)(=O)O)NC(=O)C(O)CCCCCCCCCCCCCC. The Morgan fingerprint density at radius 3 is 1.04 bits per heavy atom. The van der Waals surface area contributed by atoms with Crippen LogP contribution in [0, 0.1) is 0 Å². The zero-order valence-electron chi connectivity index (χ0n) is 31.7. The lowest BCUT2D eigenvalue weighted by Gasteiger charge is -2.24. The highest BCUT2D eigenvalue weighted by Gasteiger charge is 2.28. The number of carbonyl (C=O) groups is 1. The van der Waals surface area contributed by atoms with Crippen molar-refractivity contribution in [1.82, 2.24) is 5.32 Å². The Bertz CT molecular complexity index is 793. The molecule has 0 rings (SSSR count). The first kappa shape index (κ1) is 47.3. The van der Waals surface area contributed by atoms with E-state index in [9.17, 15) is 28.0 Å². The monoisotopic (exact) mass is 704 g/mol. The van der Waals surface area contributed by atoms with Crippen molar-refractivity contribution < 1.29 is 28.0 Å². The van der Waals surface area contributed by atoms with Crippen molar-refractivity contribution in [2.24, 2.45) is 0 Å². The van der Waals surface area contributed by atoms with Crippen LogP contribution in [0.15, 0.2) is 0 Å². The van der Waals surface area contributed by atoms with Crippen LogP contribution >= 0.6 is 0 Å². The summed E-state index contributed by atoms with van der Waals surface area (Å²) in [6.07, 6.45) is 36.9. The highest BCUT2D eigenvalue weighted by Crippen LogP contribution is 2.17. The number of hydrogen-bond donors (Lipinski definition) is 4. The average Bonchev–Trinajstić information content (AvgIpc) is 3.05. The van der Waals surface area contributed by atoms with Crippen LogP contribution in [0.25, 0.3) is 0 Å². The first-order valence-electron chi connectivity index (χ1n) is 20.8. The second-order valence-corrected chi connectivity index (χ2v) is 16.3. The fraction of sp³-hybridized carbons (Fsp3) is 0.975. The average molecular weight is 704 g/mol. The maximum Gasteiger partial charge on any atom is 0.266 e. The largest absolute Gasteiger partial charge is 0.391 e. The Morgan fingerprint density at radius 2 is 0.750 bits per heavy atom. The Balaban J connectivity index is 3.92. The van der Waals surface area contributed by atoms with Gasteiger partial charge in [0, 0.05) is 0 Å². The molecule has 0 aliphatic rings. The molecule has 3 unspecified atom stereocenters. The van der Waals surface area contributed by atoms with E-state index in [2.05, 4.69) is 19.2 Å². The van der Waals surface area contributed by atoms with Gasteiger partial charge in [0.15, 0.2) is 0 Å². The molecule has 0 aliphatic carbocycles. The van der Waals surface area contributed by atoms with Gasteiger partial charge < -0.3 is 15.5 Å². The van der Waals surface area contributed by atoms with Gasteiger partial charge >= 0.3 is 0 Å². The molecule has 0 aliphatic heterocycles. The Kier molecular flexibility index (Phi) is 34.2. The van der Waals surface area contributed by atoms with Crippen molar-refractivity contribution >= 4 is 16.0 Å². The molecule has 4 N–H and O–H groups in total. The van der Waals surface area contributed by atoms with Crippen molar-refractivity contribution in [1.29, 1.82) is 0 Å². The molecule has 0 radical (unpaired) electrons. The fourth-order valence-electron chi connectivity index (χ4n) is 6.70. The summed E-state index contributed by atoms with van der Waals surface area (Å²) in [4.78, 5) is 12.6. The molecular weight excluding hydrogens is 623 g/mol. The fourth-order valence-corrected chi connectivity index (χ4v) is 7.46. The van der Waals surface area contributed by atoms with E-state index >= 15 is 0 Å². The van der Waals surface area contributed by atoms with Crippen molar-refractivity contribution in [2.45, 2.75) is 244 Å². The number of rotatable bonds is 38. The molecule has 0 aromatic rings. The van der Waals surface area contributed by atoms with E-state index in [1.165, 1.54) is 154 Å². The minimum absolute atomic E-state index is 0.303. The van der Waals surface area contributed by atoms with Crippen molar-refractivity contribution in [3.05, 3.63) is 0 Å². The van der Waals surface area contributed by atoms with Gasteiger partial charge in [0.2, 0.25) is 5.91 Å². The van der Waals surface area contributed by atoms with E-state index in [-0.39, 0.29) is 0 Å². The molecule has 288 valence electrons. The van der Waals surface area contributed by atoms with Gasteiger partial charge in [-0.2, -0.15) is 8.42 Å². The third kappa shape index (κ3) is 33.8. The zero-order chi connectivity index (χ0) is 35.6. The predicted octanol–water partition coefficient (Wildman–Crippen LogP) is 11.0. The van der Waals surface area contributed by atoms with Gasteiger partial charge in [-0.3, -0.25) is 9.35 Å². The summed E-state index contributed by atoms with van der Waals surface area (Å²) in [6, 6.07) is -1.14. The van der Waals surface area contributed by atoms with Gasteiger partial charge in [-0.15, -0.1) is 0 Å². The summed E-state index contributed by atoms with van der Waals surface area (Å²) < 4.78 is 32.5. The van der Waals surface area contributed by atoms with Crippen LogP contribution < -0.4 is 5.32 Å². The van der Waals surface area contributed by atoms with Crippen molar-refractivity contribution in [3.8, 4) is 0 Å². The topological polar surface area (TPSA) is 124 Å². The molecular formula is C40H81NO6S. The van der Waals surface area contributed by atoms with Gasteiger partial charge in [0.25, 0.3) is 10.1 Å². The molecule has 3 atom stereocenters. The van der Waals surface area contributed by atoms with Crippen LogP contribution in [0.4, 0.5) is 0 Å². The maximum absolute atomic E-state index is 12.6. The molecule has 0 heterocycles. The Morgan fingerprint density at radius 1 is 0.479 bits per heavy atom. The summed E-state index contributed by atoms with van der Waals surface area (Å²) in [5, 5.41) is 23.5. The number of aliphatic hydroxyl groups excluding tert-OH is 2. The molecule has 8 heteroatoms. The third-order valence-electron chi connectivity index (χ3n) is 9.92. The van der Waals surface area contributed by atoms with Gasteiger partial charge in [0.05, 0.1) is 17.9 Å². The van der Waals surface area contributed by atoms with E-state index in [1.807, 2.05) is 0 Å². The van der Waals surface area contributed by atoms with Crippen LogP contribution in [0.1, 0.15) is 226 Å². The number of aliphatic hydroxyl groups is 2. The number of nitrogens with one attached hydrogen (secondary N) is 1. The van der Waals surface area contributed by atoms with Gasteiger partial charge in [0.1, 0.15) is 6.10 Å². The molecule has 0 saturated carbocycles. The Labute approximate surface area is 298 Å². The summed E-state index contributed by atoms with van der Waals surface area (Å²) in [5.74, 6) is -1.44. The first-order chi connectivity index (χ1) is 23.2. The standard InChI is InChI=1S/C40H81NO6S/c1-3-5-7-9-11-13-15-17-18-19-20-21-22-23-25-26-28-30-32-34-38(42)37(36-48(45,46)47)41-40(44)39(43)35-33-31-29-27-24-16-14-12-10-8-6-4-2/h37-39,42-43H,3-36H2,1-2H3,(H,41,44)(H,45,46,47). The normalized spacial score (nSPS) is 13.9. The van der Waals surface area contributed by atoms with E-state index in [4.69, 9.17) is 0 Å². The number of hydrogen-bond acceptors (Lipinski definition) is 5. The Hall–Kier alpha value is -0.700. The van der Waals surface area contributed by atoms with Gasteiger partial charge in [-0.25, -0.2) is 0 Å². The second kappa shape index (κ2) is 34.7. The molecule has 0 saturated heterocycles. The van der Waals surface area contributed by atoms with Crippen LogP contribution in [-0.2, 0) is 14.9 Å². The van der Waals surface area contributed by atoms with Crippen LogP contribution in [0.5, 0.6) is 0 Å². The highest BCUT2D eigenvalue weighted by molar-refractivity contribution is 7.85. The molecule has 1 amide bonds. The highest BCUT2D eigenvalue weighted by atomic mass is 32.2. The molecule has 0 spiro atoms. The molecule has 48 heavy (non-hydrogen) atoms. The van der Waals surface area contributed by atoms with Crippen molar-refractivity contribution in [3.63, 3.8) is 0 Å². The van der Waals surface area contributed by atoms with E-state index in [0.29, 0.717) is 12.8 Å². The second-order valence-electron chi connectivity index (χ2n) is 14.8. The lowest BCUT2D eigenvalue weighted by atomic mass is 10.0. The number of unbranched alkanes of at least 4 members (excludes halogenated alkanes) is 29. The van der Waals surface area contributed by atoms with E-state index < -0.39 is 40.0 Å². The lowest BCUT2D eigenvalue weighted by Crippen LogP contribution is -2.50. The predicted molar refractivity (Wildman–Crippen MR) is 204 cm³/mol. The van der Waals surface area contributed by atoms with E-state index in [0.717, 1.165) is 44.9 Å². The van der Waals surface area contributed by atoms with Crippen LogP contribution in [0.2, 0.25) is 0 Å². The van der Waals surface area contributed by atoms with Gasteiger partial charge in [-0.1, -0.05) is 213 Å². The minimum atomic E-state index is -4.40. The summed E-state index contributed by atoms with van der Waals surface area (Å²) >= 11 is 0. The lowest BCUT2D eigenvalue weighted by molar-refractivity contribution is -0.131. The molecule has 7 nitrogen and oxygen atoms in total. The van der Waals surface area contributed by atoms with Gasteiger partial charge in [-0.05, 0) is 12.8 Å². The number of amides is 1. The quantitative estimate of drug-likeness (QED) is 0.0375.